The molecule has 1 atom stereocenters. The van der Waals surface area contributed by atoms with Crippen LogP contribution in [0.1, 0.15) is 6.92 Å². The zero-order valence-electron chi connectivity index (χ0n) is 13.7. The van der Waals surface area contributed by atoms with E-state index in [4.69, 9.17) is 4.74 Å². The highest BCUT2D eigenvalue weighted by molar-refractivity contribution is 7.88. The third kappa shape index (κ3) is 4.66. The van der Waals surface area contributed by atoms with Crippen LogP contribution < -0.4 is 10.1 Å². The molecule has 0 spiro atoms. The van der Waals surface area contributed by atoms with Gasteiger partial charge >= 0.3 is 0 Å². The van der Waals surface area contributed by atoms with Gasteiger partial charge in [0.05, 0.1) is 19.4 Å². The molecule has 2 rings (SSSR count). The van der Waals surface area contributed by atoms with E-state index in [-0.39, 0.29) is 11.9 Å². The second-order valence-electron chi connectivity index (χ2n) is 5.59. The molecule has 1 amide bonds. The van der Waals surface area contributed by atoms with E-state index in [2.05, 4.69) is 5.32 Å². The summed E-state index contributed by atoms with van der Waals surface area (Å²) >= 11 is 0. The van der Waals surface area contributed by atoms with E-state index in [1.807, 2.05) is 11.8 Å². The zero-order chi connectivity index (χ0) is 17.0. The molecule has 1 aliphatic rings. The lowest BCUT2D eigenvalue weighted by atomic mass is 10.2. The Balaban J connectivity index is 1.90. The van der Waals surface area contributed by atoms with Gasteiger partial charge in [0.2, 0.25) is 15.9 Å². The number of amides is 1. The standard InChI is InChI=1S/C15H23N3O4S/c1-12(17-8-10-18(11-9-17)23(3,20)21)15(19)16-13-4-6-14(22-2)7-5-13/h4-7,12H,8-11H2,1-3H3,(H,16,19). The van der Waals surface area contributed by atoms with Gasteiger partial charge < -0.3 is 10.1 Å². The molecule has 1 fully saturated rings. The van der Waals surface area contributed by atoms with Gasteiger partial charge in [0.1, 0.15) is 5.75 Å². The molecule has 1 unspecified atom stereocenters. The summed E-state index contributed by atoms with van der Waals surface area (Å²) in [7, 11) is -1.57. The fraction of sp³-hybridized carbons (Fsp3) is 0.533. The van der Waals surface area contributed by atoms with Crippen molar-refractivity contribution in [1.29, 1.82) is 0 Å². The van der Waals surface area contributed by atoms with Crippen molar-refractivity contribution in [3.8, 4) is 5.75 Å². The molecule has 7 nitrogen and oxygen atoms in total. The molecule has 1 N–H and O–H groups in total. The van der Waals surface area contributed by atoms with Crippen molar-refractivity contribution in [3.05, 3.63) is 24.3 Å². The smallest absolute Gasteiger partial charge is 0.241 e. The maximum absolute atomic E-state index is 12.3. The van der Waals surface area contributed by atoms with Gasteiger partial charge in [-0.05, 0) is 31.2 Å². The predicted molar refractivity (Wildman–Crippen MR) is 89.1 cm³/mol. The molecule has 1 aliphatic heterocycles. The Labute approximate surface area is 137 Å². The maximum atomic E-state index is 12.3. The van der Waals surface area contributed by atoms with Crippen LogP contribution in [-0.2, 0) is 14.8 Å². The van der Waals surface area contributed by atoms with Crippen LogP contribution in [0.25, 0.3) is 0 Å². The van der Waals surface area contributed by atoms with Crippen LogP contribution in [0.4, 0.5) is 5.69 Å². The number of carbonyl (C=O) groups is 1. The fourth-order valence-electron chi connectivity index (χ4n) is 2.51. The summed E-state index contributed by atoms with van der Waals surface area (Å²) in [6.07, 6.45) is 1.21. The molecule has 0 aliphatic carbocycles. The maximum Gasteiger partial charge on any atom is 0.241 e. The largest absolute Gasteiger partial charge is 0.497 e. The number of benzene rings is 1. The highest BCUT2D eigenvalue weighted by Gasteiger charge is 2.28. The minimum Gasteiger partial charge on any atom is -0.497 e. The molecule has 1 aromatic carbocycles. The van der Waals surface area contributed by atoms with E-state index in [9.17, 15) is 13.2 Å². The van der Waals surface area contributed by atoms with E-state index in [0.717, 1.165) is 5.75 Å². The second kappa shape index (κ2) is 7.29. The van der Waals surface area contributed by atoms with Crippen molar-refractivity contribution in [2.75, 3.05) is 44.9 Å². The van der Waals surface area contributed by atoms with Gasteiger partial charge in [0.15, 0.2) is 0 Å². The summed E-state index contributed by atoms with van der Waals surface area (Å²) in [5.74, 6) is 0.621. The fourth-order valence-corrected chi connectivity index (χ4v) is 3.34. The number of carbonyl (C=O) groups excluding carboxylic acids is 1. The first-order valence-corrected chi connectivity index (χ1v) is 9.30. The number of nitrogens with one attached hydrogen (secondary N) is 1. The molecular formula is C15H23N3O4S. The SMILES string of the molecule is COc1ccc(NC(=O)C(C)N2CCN(S(C)(=O)=O)CC2)cc1. The average molecular weight is 341 g/mol. The van der Waals surface area contributed by atoms with Gasteiger partial charge in [-0.25, -0.2) is 8.42 Å². The summed E-state index contributed by atoms with van der Waals surface area (Å²) in [5.41, 5.74) is 0.706. The Kier molecular flexibility index (Phi) is 5.61. The molecule has 0 bridgehead atoms. The second-order valence-corrected chi connectivity index (χ2v) is 7.57. The van der Waals surface area contributed by atoms with E-state index in [1.165, 1.54) is 10.6 Å². The van der Waals surface area contributed by atoms with Crippen LogP contribution in [0.5, 0.6) is 5.75 Å². The molecular weight excluding hydrogens is 318 g/mol. The molecule has 0 saturated carbocycles. The monoisotopic (exact) mass is 341 g/mol. The van der Waals surface area contributed by atoms with Crippen LogP contribution in [0.2, 0.25) is 0 Å². The molecule has 1 heterocycles. The summed E-state index contributed by atoms with van der Waals surface area (Å²) in [6.45, 7) is 3.75. The van der Waals surface area contributed by atoms with E-state index < -0.39 is 10.0 Å². The van der Waals surface area contributed by atoms with Gasteiger partial charge in [0.25, 0.3) is 0 Å². The zero-order valence-corrected chi connectivity index (χ0v) is 14.5. The first kappa shape index (κ1) is 17.7. The van der Waals surface area contributed by atoms with Crippen molar-refractivity contribution in [1.82, 2.24) is 9.21 Å². The Morgan fingerprint density at radius 3 is 2.22 bits per heavy atom. The number of hydrogen-bond donors (Lipinski definition) is 1. The Morgan fingerprint density at radius 2 is 1.74 bits per heavy atom. The molecule has 1 saturated heterocycles. The van der Waals surface area contributed by atoms with E-state index in [0.29, 0.717) is 31.9 Å². The van der Waals surface area contributed by atoms with Crippen LogP contribution in [0, 0.1) is 0 Å². The lowest BCUT2D eigenvalue weighted by molar-refractivity contribution is -0.121. The first-order chi connectivity index (χ1) is 10.8. The van der Waals surface area contributed by atoms with Crippen LogP contribution >= 0.6 is 0 Å². The summed E-state index contributed by atoms with van der Waals surface area (Å²) < 4.78 is 29.5. The third-order valence-corrected chi connectivity index (χ3v) is 5.33. The van der Waals surface area contributed by atoms with E-state index >= 15 is 0 Å². The average Bonchev–Trinajstić information content (AvgIpc) is 2.54. The molecule has 1 aromatic rings. The Morgan fingerprint density at radius 1 is 1.17 bits per heavy atom. The number of ether oxygens (including phenoxy) is 1. The van der Waals surface area contributed by atoms with Crippen molar-refractivity contribution in [3.63, 3.8) is 0 Å². The quantitative estimate of drug-likeness (QED) is 0.848. The minimum atomic E-state index is -3.16. The van der Waals surface area contributed by atoms with Gasteiger partial charge in [-0.3, -0.25) is 9.69 Å². The highest BCUT2D eigenvalue weighted by Crippen LogP contribution is 2.16. The molecule has 8 heteroatoms. The number of sulfonamides is 1. The number of anilines is 1. The number of rotatable bonds is 5. The van der Waals surface area contributed by atoms with Crippen molar-refractivity contribution >= 4 is 21.6 Å². The van der Waals surface area contributed by atoms with Crippen LogP contribution in [0.15, 0.2) is 24.3 Å². The predicted octanol–water partition coefficient (Wildman–Crippen LogP) is 0.599. The number of hydrogen-bond acceptors (Lipinski definition) is 5. The Hall–Kier alpha value is -1.64. The lowest BCUT2D eigenvalue weighted by Crippen LogP contribution is -2.53. The van der Waals surface area contributed by atoms with Gasteiger partial charge in [-0.2, -0.15) is 4.31 Å². The lowest BCUT2D eigenvalue weighted by Gasteiger charge is -2.36. The van der Waals surface area contributed by atoms with E-state index in [1.54, 1.807) is 31.4 Å². The molecule has 128 valence electrons. The van der Waals surface area contributed by atoms with Gasteiger partial charge in [-0.1, -0.05) is 0 Å². The summed E-state index contributed by atoms with van der Waals surface area (Å²) in [6, 6.07) is 6.81. The van der Waals surface area contributed by atoms with Crippen molar-refractivity contribution in [2.45, 2.75) is 13.0 Å². The minimum absolute atomic E-state index is 0.108. The Bertz CT molecular complexity index is 637. The van der Waals surface area contributed by atoms with Gasteiger partial charge in [-0.15, -0.1) is 0 Å². The first-order valence-electron chi connectivity index (χ1n) is 7.45. The number of nitrogens with zero attached hydrogens (tertiary/aromatic N) is 2. The topological polar surface area (TPSA) is 79.0 Å². The van der Waals surface area contributed by atoms with Gasteiger partial charge in [0, 0.05) is 31.9 Å². The van der Waals surface area contributed by atoms with Crippen molar-refractivity contribution < 1.29 is 17.9 Å². The van der Waals surface area contributed by atoms with Crippen molar-refractivity contribution in [2.24, 2.45) is 0 Å². The highest BCUT2D eigenvalue weighted by atomic mass is 32.2. The van der Waals surface area contributed by atoms with Crippen LogP contribution in [0.3, 0.4) is 0 Å². The number of piperazine rings is 1. The summed E-state index contributed by atoms with van der Waals surface area (Å²) in [5, 5.41) is 2.86. The normalized spacial score (nSPS) is 18.4. The summed E-state index contributed by atoms with van der Waals surface area (Å²) in [4.78, 5) is 14.3. The third-order valence-electron chi connectivity index (χ3n) is 4.03. The van der Waals surface area contributed by atoms with Crippen LogP contribution in [-0.4, -0.2) is 69.1 Å². The molecule has 0 radical (unpaired) electrons. The molecule has 23 heavy (non-hydrogen) atoms. The number of methoxy groups -OCH3 is 1. The molecule has 0 aromatic heterocycles.